The van der Waals surface area contributed by atoms with E-state index in [2.05, 4.69) is 61.7 Å². The van der Waals surface area contributed by atoms with E-state index in [4.69, 9.17) is 0 Å². The normalized spacial score (nSPS) is 20.1. The van der Waals surface area contributed by atoms with Gasteiger partial charge in [-0.3, -0.25) is 9.47 Å². The molecule has 3 aromatic rings. The molecule has 2 aliphatic heterocycles. The lowest BCUT2D eigenvalue weighted by Gasteiger charge is -2.59. The molecule has 1 aromatic carbocycles. The Labute approximate surface area is 181 Å². The first-order chi connectivity index (χ1) is 14.9. The van der Waals surface area contributed by atoms with Gasteiger partial charge >= 0.3 is 0 Å². The summed E-state index contributed by atoms with van der Waals surface area (Å²) in [5.74, 6) is 3.22. The number of benzene rings is 1. The van der Waals surface area contributed by atoms with Gasteiger partial charge in [-0.05, 0) is 57.0 Å². The monoisotopic (exact) mass is 418 g/mol. The van der Waals surface area contributed by atoms with Crippen LogP contribution < -0.4 is 4.90 Å². The number of aryl methyl sites for hydroxylation is 2. The third-order valence-corrected chi connectivity index (χ3v) is 7.22. The molecule has 6 rings (SSSR count). The average molecular weight is 419 g/mol. The summed E-state index contributed by atoms with van der Waals surface area (Å²) in [6.07, 6.45) is 3.58. The van der Waals surface area contributed by atoms with Gasteiger partial charge in [-0.2, -0.15) is 0 Å². The summed E-state index contributed by atoms with van der Waals surface area (Å²) < 4.78 is 15.9. The predicted octanol–water partition coefficient (Wildman–Crippen LogP) is 3.75. The van der Waals surface area contributed by atoms with Crippen LogP contribution in [0.5, 0.6) is 0 Å². The first kappa shape index (κ1) is 18.9. The summed E-state index contributed by atoms with van der Waals surface area (Å²) in [7, 11) is 2.14. The van der Waals surface area contributed by atoms with Gasteiger partial charge in [0.15, 0.2) is 5.82 Å². The second-order valence-corrected chi connectivity index (χ2v) is 9.87. The fourth-order valence-corrected chi connectivity index (χ4v) is 5.66. The minimum Gasteiger partial charge on any atom is -0.355 e. The van der Waals surface area contributed by atoms with Crippen LogP contribution in [-0.2, 0) is 13.1 Å². The van der Waals surface area contributed by atoms with Crippen molar-refractivity contribution in [2.24, 2.45) is 5.41 Å². The van der Waals surface area contributed by atoms with Crippen LogP contribution in [0, 0.1) is 25.1 Å². The molecule has 31 heavy (non-hydrogen) atoms. The summed E-state index contributed by atoms with van der Waals surface area (Å²) in [6.45, 7) is 7.65. The molecule has 1 spiro atoms. The zero-order valence-electron chi connectivity index (χ0n) is 18.3. The number of fused-ring (bicyclic) bond motifs is 3. The van der Waals surface area contributed by atoms with E-state index >= 15 is 0 Å². The molecule has 0 amide bonds. The van der Waals surface area contributed by atoms with E-state index in [1.165, 1.54) is 23.0 Å². The van der Waals surface area contributed by atoms with Crippen molar-refractivity contribution in [2.45, 2.75) is 45.7 Å². The van der Waals surface area contributed by atoms with E-state index in [0.717, 1.165) is 56.5 Å². The van der Waals surface area contributed by atoms with E-state index in [-0.39, 0.29) is 5.82 Å². The topological polar surface area (TPSA) is 50.1 Å². The largest absolute Gasteiger partial charge is 0.355 e. The highest BCUT2D eigenvalue weighted by atomic mass is 19.1. The second-order valence-electron chi connectivity index (χ2n) is 9.87. The highest BCUT2D eigenvalue weighted by molar-refractivity contribution is 5.48. The van der Waals surface area contributed by atoms with Crippen LogP contribution in [0.15, 0.2) is 30.5 Å². The van der Waals surface area contributed by atoms with Gasteiger partial charge in [-0.1, -0.05) is 17.7 Å². The highest BCUT2D eigenvalue weighted by Crippen LogP contribution is 2.56. The van der Waals surface area contributed by atoms with E-state index in [1.807, 2.05) is 6.07 Å². The number of hydrogen-bond donors (Lipinski definition) is 0. The standard InChI is InChI=1S/C24H27FN6/c1-15-4-5-20-17(6-15)11-29(3)12-22-27-28-23(31(20)22)18-8-24(9-18)13-30(14-24)21-7-16(2)19(25)10-26-21/h4-7,10,18H,8-9,11-14H2,1-3H3. The molecular formula is C24H27FN6. The Kier molecular flexibility index (Phi) is 4.03. The molecule has 6 nitrogen and oxygen atoms in total. The summed E-state index contributed by atoms with van der Waals surface area (Å²) >= 11 is 0. The summed E-state index contributed by atoms with van der Waals surface area (Å²) in [5.41, 5.74) is 4.84. The van der Waals surface area contributed by atoms with E-state index in [1.54, 1.807) is 6.92 Å². The molecule has 160 valence electrons. The van der Waals surface area contributed by atoms with Gasteiger partial charge in [0.25, 0.3) is 0 Å². The van der Waals surface area contributed by atoms with Crippen LogP contribution in [0.1, 0.15) is 47.1 Å². The molecule has 0 bridgehead atoms. The maximum Gasteiger partial charge on any atom is 0.151 e. The Balaban J connectivity index is 1.23. The molecule has 0 unspecified atom stereocenters. The fraction of sp³-hybridized carbons (Fsp3) is 0.458. The van der Waals surface area contributed by atoms with Crippen LogP contribution in [0.4, 0.5) is 10.2 Å². The molecule has 1 saturated heterocycles. The Morgan fingerprint density at radius 1 is 1.06 bits per heavy atom. The van der Waals surface area contributed by atoms with Gasteiger partial charge in [0.2, 0.25) is 0 Å². The predicted molar refractivity (Wildman–Crippen MR) is 117 cm³/mol. The molecule has 4 heterocycles. The van der Waals surface area contributed by atoms with Gasteiger partial charge in [0.05, 0.1) is 18.4 Å². The van der Waals surface area contributed by atoms with Crippen molar-refractivity contribution in [1.29, 1.82) is 0 Å². The number of pyridine rings is 1. The first-order valence-corrected chi connectivity index (χ1v) is 11.0. The third-order valence-electron chi connectivity index (χ3n) is 7.22. The molecule has 1 saturated carbocycles. The molecule has 7 heteroatoms. The van der Waals surface area contributed by atoms with Gasteiger partial charge in [-0.15, -0.1) is 10.2 Å². The van der Waals surface area contributed by atoms with Crippen molar-refractivity contribution in [3.63, 3.8) is 0 Å². The lowest BCUT2D eigenvalue weighted by Crippen LogP contribution is -2.62. The van der Waals surface area contributed by atoms with E-state index < -0.39 is 0 Å². The number of anilines is 1. The SMILES string of the molecule is Cc1ccc2c(c1)CN(C)Cc1nnc(C3CC4(C3)CN(c3cc(C)c(F)cn3)C4)n1-2. The number of halogens is 1. The Hall–Kier alpha value is -2.80. The Morgan fingerprint density at radius 3 is 2.65 bits per heavy atom. The maximum atomic E-state index is 13.5. The molecule has 2 fully saturated rings. The zero-order valence-corrected chi connectivity index (χ0v) is 18.3. The smallest absolute Gasteiger partial charge is 0.151 e. The molecule has 0 N–H and O–H groups in total. The Bertz CT molecular complexity index is 1170. The van der Waals surface area contributed by atoms with Crippen LogP contribution >= 0.6 is 0 Å². The average Bonchev–Trinajstić information content (AvgIpc) is 2.99. The minimum atomic E-state index is -0.240. The maximum absolute atomic E-state index is 13.5. The number of rotatable bonds is 2. The summed E-state index contributed by atoms with van der Waals surface area (Å²) in [4.78, 5) is 8.85. The third kappa shape index (κ3) is 2.97. The molecule has 2 aromatic heterocycles. The van der Waals surface area contributed by atoms with Crippen molar-refractivity contribution in [2.75, 3.05) is 25.0 Å². The summed E-state index contributed by atoms with van der Waals surface area (Å²) in [5, 5.41) is 9.24. The van der Waals surface area contributed by atoms with Crippen molar-refractivity contribution in [3.05, 3.63) is 64.6 Å². The second kappa shape index (κ2) is 6.60. The molecule has 1 aliphatic carbocycles. The fourth-order valence-electron chi connectivity index (χ4n) is 5.66. The minimum absolute atomic E-state index is 0.240. The van der Waals surface area contributed by atoms with Crippen molar-refractivity contribution in [1.82, 2.24) is 24.6 Å². The van der Waals surface area contributed by atoms with E-state index in [0.29, 0.717) is 16.9 Å². The van der Waals surface area contributed by atoms with Crippen LogP contribution in [-0.4, -0.2) is 44.8 Å². The van der Waals surface area contributed by atoms with Crippen molar-refractivity contribution >= 4 is 5.82 Å². The number of aromatic nitrogens is 4. The zero-order chi connectivity index (χ0) is 21.3. The van der Waals surface area contributed by atoms with Gasteiger partial charge in [-0.25, -0.2) is 9.37 Å². The van der Waals surface area contributed by atoms with Crippen LogP contribution in [0.25, 0.3) is 5.69 Å². The molecule has 3 aliphatic rings. The molecular weight excluding hydrogens is 391 g/mol. The van der Waals surface area contributed by atoms with Crippen molar-refractivity contribution in [3.8, 4) is 5.69 Å². The van der Waals surface area contributed by atoms with Crippen molar-refractivity contribution < 1.29 is 4.39 Å². The van der Waals surface area contributed by atoms with Gasteiger partial charge in [0.1, 0.15) is 17.5 Å². The highest BCUT2D eigenvalue weighted by Gasteiger charge is 2.54. The molecule has 0 atom stereocenters. The molecule has 0 radical (unpaired) electrons. The number of nitrogens with zero attached hydrogens (tertiary/aromatic N) is 6. The lowest BCUT2D eigenvalue weighted by molar-refractivity contribution is 0.0581. The first-order valence-electron chi connectivity index (χ1n) is 11.0. The lowest BCUT2D eigenvalue weighted by atomic mass is 9.57. The summed E-state index contributed by atoms with van der Waals surface area (Å²) in [6, 6.07) is 8.55. The quantitative estimate of drug-likeness (QED) is 0.635. The van der Waals surface area contributed by atoms with E-state index in [9.17, 15) is 4.39 Å². The van der Waals surface area contributed by atoms with Gasteiger partial charge in [0, 0.05) is 31.0 Å². The Morgan fingerprint density at radius 2 is 1.87 bits per heavy atom. The van der Waals surface area contributed by atoms with Gasteiger partial charge < -0.3 is 4.90 Å². The van der Waals surface area contributed by atoms with Crippen LogP contribution in [0.3, 0.4) is 0 Å². The number of hydrogen-bond acceptors (Lipinski definition) is 5. The van der Waals surface area contributed by atoms with Crippen LogP contribution in [0.2, 0.25) is 0 Å².